The molecular weight excluding hydrogens is 222 g/mol. The lowest BCUT2D eigenvalue weighted by Crippen LogP contribution is -2.19. The molecule has 1 heterocycles. The van der Waals surface area contributed by atoms with Crippen LogP contribution in [-0.4, -0.2) is 38.3 Å². The molecule has 0 amide bonds. The summed E-state index contributed by atoms with van der Waals surface area (Å²) in [4.78, 5) is 8.03. The first-order valence-corrected chi connectivity index (χ1v) is 6.50. The number of aromatic nitrogens is 1. The zero-order valence-electron chi connectivity index (χ0n) is 9.90. The molecule has 1 aliphatic rings. The van der Waals surface area contributed by atoms with Gasteiger partial charge in [-0.3, -0.25) is 0 Å². The second kappa shape index (κ2) is 5.61. The fourth-order valence-electron chi connectivity index (χ4n) is 1.55. The van der Waals surface area contributed by atoms with E-state index < -0.39 is 0 Å². The van der Waals surface area contributed by atoms with E-state index in [-0.39, 0.29) is 0 Å². The summed E-state index contributed by atoms with van der Waals surface area (Å²) in [6, 6.07) is 0.737. The van der Waals surface area contributed by atoms with Crippen LogP contribution in [-0.2, 0) is 11.3 Å². The summed E-state index contributed by atoms with van der Waals surface area (Å²) in [5.74, 6) is 0. The van der Waals surface area contributed by atoms with Gasteiger partial charge in [-0.15, -0.1) is 11.3 Å². The largest absolute Gasteiger partial charge is 0.383 e. The first kappa shape index (κ1) is 11.8. The molecule has 0 aliphatic heterocycles. The quantitative estimate of drug-likeness (QED) is 0.734. The number of rotatable bonds is 7. The van der Waals surface area contributed by atoms with Gasteiger partial charge in [-0.25, -0.2) is 4.98 Å². The fraction of sp³-hybridized carbons (Fsp3) is 0.727. The van der Waals surface area contributed by atoms with Gasteiger partial charge in [-0.2, -0.15) is 0 Å². The van der Waals surface area contributed by atoms with E-state index in [0.29, 0.717) is 0 Å². The van der Waals surface area contributed by atoms with Crippen molar-refractivity contribution in [3.63, 3.8) is 0 Å². The number of nitrogens with one attached hydrogen (secondary N) is 1. The van der Waals surface area contributed by atoms with Gasteiger partial charge in [-0.05, 0) is 12.8 Å². The van der Waals surface area contributed by atoms with Crippen molar-refractivity contribution in [3.8, 4) is 0 Å². The number of thiazole rings is 1. The van der Waals surface area contributed by atoms with Gasteiger partial charge in [0.25, 0.3) is 0 Å². The minimum absolute atomic E-state index is 0.737. The number of nitrogens with zero attached hydrogens (tertiary/aromatic N) is 2. The van der Waals surface area contributed by atoms with Gasteiger partial charge >= 0.3 is 0 Å². The number of anilines is 1. The number of hydrogen-bond donors (Lipinski definition) is 1. The minimum Gasteiger partial charge on any atom is -0.383 e. The Morgan fingerprint density at radius 2 is 2.44 bits per heavy atom. The van der Waals surface area contributed by atoms with Crippen molar-refractivity contribution in [2.24, 2.45) is 0 Å². The summed E-state index contributed by atoms with van der Waals surface area (Å²) in [6.07, 6.45) is 4.60. The van der Waals surface area contributed by atoms with Gasteiger partial charge in [0.2, 0.25) is 0 Å². The Hall–Kier alpha value is -0.650. The Morgan fingerprint density at radius 3 is 3.12 bits per heavy atom. The maximum atomic E-state index is 4.98. The molecule has 16 heavy (non-hydrogen) atoms. The normalized spacial score (nSPS) is 15.4. The molecule has 0 unspecified atom stereocenters. The second-order valence-corrected chi connectivity index (χ2v) is 5.21. The van der Waals surface area contributed by atoms with Gasteiger partial charge in [0.1, 0.15) is 0 Å². The summed E-state index contributed by atoms with van der Waals surface area (Å²) >= 11 is 1.78. The molecule has 5 heteroatoms. The SMILES string of the molecule is COCCNCc1cnc(N(C)C2CC2)s1. The van der Waals surface area contributed by atoms with Gasteiger partial charge in [0, 0.05) is 44.4 Å². The van der Waals surface area contributed by atoms with Crippen LogP contribution in [0.15, 0.2) is 6.20 Å². The van der Waals surface area contributed by atoms with E-state index in [1.165, 1.54) is 17.7 Å². The predicted octanol–water partition coefficient (Wildman–Crippen LogP) is 1.48. The lowest BCUT2D eigenvalue weighted by Gasteiger charge is -2.13. The third-order valence-electron chi connectivity index (χ3n) is 2.72. The zero-order valence-corrected chi connectivity index (χ0v) is 10.7. The smallest absolute Gasteiger partial charge is 0.185 e. The van der Waals surface area contributed by atoms with Crippen LogP contribution in [0.5, 0.6) is 0 Å². The van der Waals surface area contributed by atoms with Crippen molar-refractivity contribution in [2.45, 2.75) is 25.4 Å². The first-order valence-electron chi connectivity index (χ1n) is 5.68. The van der Waals surface area contributed by atoms with Gasteiger partial charge in [0.15, 0.2) is 5.13 Å². The van der Waals surface area contributed by atoms with Crippen LogP contribution in [0.25, 0.3) is 0 Å². The van der Waals surface area contributed by atoms with Crippen molar-refractivity contribution in [1.29, 1.82) is 0 Å². The van der Waals surface area contributed by atoms with Crippen molar-refractivity contribution < 1.29 is 4.74 Å². The second-order valence-electron chi connectivity index (χ2n) is 4.12. The van der Waals surface area contributed by atoms with Crippen LogP contribution < -0.4 is 10.2 Å². The molecule has 0 atom stereocenters. The van der Waals surface area contributed by atoms with E-state index in [1.807, 2.05) is 6.20 Å². The summed E-state index contributed by atoms with van der Waals surface area (Å²) in [5, 5.41) is 4.47. The van der Waals surface area contributed by atoms with Gasteiger partial charge in [-0.1, -0.05) is 0 Å². The molecule has 1 aromatic rings. The number of hydrogen-bond acceptors (Lipinski definition) is 5. The molecule has 1 aliphatic carbocycles. The highest BCUT2D eigenvalue weighted by molar-refractivity contribution is 7.15. The molecule has 0 spiro atoms. The van der Waals surface area contributed by atoms with Crippen molar-refractivity contribution in [2.75, 3.05) is 32.2 Å². The molecule has 4 nitrogen and oxygen atoms in total. The summed E-state index contributed by atoms with van der Waals surface area (Å²) in [5.41, 5.74) is 0. The van der Waals surface area contributed by atoms with E-state index in [1.54, 1.807) is 18.4 Å². The standard InChI is InChI=1S/C11H19N3OS/c1-14(9-3-4-9)11-13-8-10(16-11)7-12-5-6-15-2/h8-9,12H,3-7H2,1-2H3. The van der Waals surface area contributed by atoms with E-state index in [0.717, 1.165) is 30.9 Å². The Bertz CT molecular complexity index is 325. The fourth-order valence-corrected chi connectivity index (χ4v) is 2.46. The Kier molecular flexibility index (Phi) is 4.15. The Morgan fingerprint density at radius 1 is 1.62 bits per heavy atom. The molecule has 1 fully saturated rings. The lowest BCUT2D eigenvalue weighted by atomic mass is 10.5. The maximum Gasteiger partial charge on any atom is 0.185 e. The molecule has 1 aromatic heterocycles. The van der Waals surface area contributed by atoms with Crippen LogP contribution in [0.4, 0.5) is 5.13 Å². The summed E-state index contributed by atoms with van der Waals surface area (Å²) in [7, 11) is 3.86. The molecule has 1 saturated carbocycles. The number of methoxy groups -OCH3 is 1. The minimum atomic E-state index is 0.737. The molecule has 1 N–H and O–H groups in total. The zero-order chi connectivity index (χ0) is 11.4. The van der Waals surface area contributed by atoms with Crippen LogP contribution in [0.3, 0.4) is 0 Å². The topological polar surface area (TPSA) is 37.4 Å². The van der Waals surface area contributed by atoms with Crippen molar-refractivity contribution >= 4 is 16.5 Å². The Labute approximate surface area is 101 Å². The first-order chi connectivity index (χ1) is 7.81. The highest BCUT2D eigenvalue weighted by Gasteiger charge is 2.27. The van der Waals surface area contributed by atoms with Crippen LogP contribution >= 0.6 is 11.3 Å². The predicted molar refractivity (Wildman–Crippen MR) is 67.1 cm³/mol. The van der Waals surface area contributed by atoms with E-state index in [9.17, 15) is 0 Å². The molecule has 0 aromatic carbocycles. The molecule has 0 saturated heterocycles. The maximum absolute atomic E-state index is 4.98. The van der Waals surface area contributed by atoms with Crippen LogP contribution in [0.2, 0.25) is 0 Å². The molecule has 2 rings (SSSR count). The van der Waals surface area contributed by atoms with Gasteiger partial charge < -0.3 is 15.0 Å². The summed E-state index contributed by atoms with van der Waals surface area (Å²) in [6.45, 7) is 2.54. The third kappa shape index (κ3) is 3.17. The van der Waals surface area contributed by atoms with Crippen LogP contribution in [0, 0.1) is 0 Å². The Balaban J connectivity index is 1.77. The monoisotopic (exact) mass is 241 g/mol. The molecular formula is C11H19N3OS. The van der Waals surface area contributed by atoms with Gasteiger partial charge in [0.05, 0.1) is 6.61 Å². The molecule has 0 radical (unpaired) electrons. The molecule has 90 valence electrons. The van der Waals surface area contributed by atoms with E-state index in [4.69, 9.17) is 4.74 Å². The average molecular weight is 241 g/mol. The van der Waals surface area contributed by atoms with E-state index >= 15 is 0 Å². The number of ether oxygens (including phenoxy) is 1. The van der Waals surface area contributed by atoms with Crippen molar-refractivity contribution in [1.82, 2.24) is 10.3 Å². The van der Waals surface area contributed by atoms with Crippen LogP contribution in [0.1, 0.15) is 17.7 Å². The molecule has 0 bridgehead atoms. The van der Waals surface area contributed by atoms with Crippen molar-refractivity contribution in [3.05, 3.63) is 11.1 Å². The van der Waals surface area contributed by atoms with E-state index in [2.05, 4.69) is 22.2 Å². The third-order valence-corrected chi connectivity index (χ3v) is 3.81. The highest BCUT2D eigenvalue weighted by atomic mass is 32.1. The summed E-state index contributed by atoms with van der Waals surface area (Å²) < 4.78 is 4.98. The highest BCUT2D eigenvalue weighted by Crippen LogP contribution is 2.32. The average Bonchev–Trinajstić information content (AvgIpc) is 3.03. The lowest BCUT2D eigenvalue weighted by molar-refractivity contribution is 0.199.